The van der Waals surface area contributed by atoms with Gasteiger partial charge in [-0.15, -0.1) is 34.4 Å². The van der Waals surface area contributed by atoms with E-state index in [9.17, 15) is 4.79 Å². The molecular weight excluding hydrogens is 394 g/mol. The number of amides is 1. The number of benzene rings is 1. The van der Waals surface area contributed by atoms with E-state index in [0.29, 0.717) is 6.54 Å². The summed E-state index contributed by atoms with van der Waals surface area (Å²) in [7, 11) is 0. The molecule has 0 saturated carbocycles. The van der Waals surface area contributed by atoms with Crippen LogP contribution in [0.3, 0.4) is 0 Å². The van der Waals surface area contributed by atoms with Gasteiger partial charge in [-0.1, -0.05) is 12.1 Å². The van der Waals surface area contributed by atoms with Crippen molar-refractivity contribution in [2.24, 2.45) is 0 Å². The lowest BCUT2D eigenvalue weighted by atomic mass is 10.2. The van der Waals surface area contributed by atoms with E-state index in [-0.39, 0.29) is 5.91 Å². The fourth-order valence-electron chi connectivity index (χ4n) is 2.62. The van der Waals surface area contributed by atoms with Gasteiger partial charge in [0.1, 0.15) is 0 Å². The summed E-state index contributed by atoms with van der Waals surface area (Å²) < 4.78 is 0. The first-order chi connectivity index (χ1) is 13.1. The molecule has 0 aliphatic heterocycles. The summed E-state index contributed by atoms with van der Waals surface area (Å²) in [5.74, 6) is 0.777. The average Bonchev–Trinajstić information content (AvgIpc) is 3.27. The molecule has 0 aliphatic rings. The maximum Gasteiger partial charge on any atom is 0.252 e. The van der Waals surface area contributed by atoms with Crippen molar-refractivity contribution in [1.29, 1.82) is 0 Å². The number of unbranched alkanes of at least 4 members (excludes halogenated alkanes) is 1. The van der Waals surface area contributed by atoms with Gasteiger partial charge in [0.05, 0.1) is 21.3 Å². The van der Waals surface area contributed by atoms with Gasteiger partial charge in [-0.25, -0.2) is 9.97 Å². The number of aryl methyl sites for hydroxylation is 3. The monoisotopic (exact) mass is 417 g/mol. The van der Waals surface area contributed by atoms with Crippen LogP contribution in [0.5, 0.6) is 0 Å². The molecule has 142 valence electrons. The van der Waals surface area contributed by atoms with Crippen molar-refractivity contribution in [3.63, 3.8) is 0 Å². The van der Waals surface area contributed by atoms with E-state index in [4.69, 9.17) is 0 Å². The molecule has 7 heteroatoms. The van der Waals surface area contributed by atoms with Crippen molar-refractivity contribution in [2.75, 3.05) is 6.54 Å². The summed E-state index contributed by atoms with van der Waals surface area (Å²) in [6, 6.07) is 7.78. The molecular formula is C20H23N3OS3. The van der Waals surface area contributed by atoms with Crippen molar-refractivity contribution in [3.8, 4) is 0 Å². The van der Waals surface area contributed by atoms with E-state index in [1.165, 1.54) is 5.01 Å². The lowest BCUT2D eigenvalue weighted by molar-refractivity contribution is 0.0950. The van der Waals surface area contributed by atoms with Gasteiger partial charge < -0.3 is 5.32 Å². The second-order valence-corrected chi connectivity index (χ2v) is 9.26. The molecule has 4 nitrogen and oxygen atoms in total. The van der Waals surface area contributed by atoms with Crippen LogP contribution in [0.1, 0.15) is 44.6 Å². The molecule has 2 heterocycles. The first-order valence-electron chi connectivity index (χ1n) is 8.94. The van der Waals surface area contributed by atoms with Crippen LogP contribution in [0.4, 0.5) is 0 Å². The van der Waals surface area contributed by atoms with E-state index in [1.807, 2.05) is 38.1 Å². The second kappa shape index (κ2) is 10.0. The summed E-state index contributed by atoms with van der Waals surface area (Å²) in [6.45, 7) is 4.72. The van der Waals surface area contributed by atoms with E-state index < -0.39 is 0 Å². The third-order valence-corrected chi connectivity index (χ3v) is 6.90. The standard InChI is InChI=1S/C20H23N3OS3/c1-14-11-27-19(22-14)9-5-6-10-21-20(24)17-7-3-4-8-18(17)26-13-16-12-25-15(2)23-16/h3-4,7-8,11-12H,5-6,9-10,13H2,1-2H3,(H,21,24). The minimum absolute atomic E-state index is 0.00217. The van der Waals surface area contributed by atoms with Gasteiger partial charge in [-0.3, -0.25) is 4.79 Å². The van der Waals surface area contributed by atoms with E-state index in [0.717, 1.165) is 51.9 Å². The molecule has 0 saturated heterocycles. The zero-order valence-electron chi connectivity index (χ0n) is 15.5. The summed E-state index contributed by atoms with van der Waals surface area (Å²) in [6.07, 6.45) is 2.97. The Balaban J connectivity index is 1.46. The van der Waals surface area contributed by atoms with Crippen molar-refractivity contribution in [3.05, 3.63) is 62.0 Å². The smallest absolute Gasteiger partial charge is 0.252 e. The van der Waals surface area contributed by atoms with Crippen LogP contribution in [0.25, 0.3) is 0 Å². The predicted octanol–water partition coefficient (Wildman–Crippen LogP) is 5.26. The molecule has 0 spiro atoms. The van der Waals surface area contributed by atoms with Gasteiger partial charge in [0, 0.05) is 33.6 Å². The Bertz CT molecular complexity index is 888. The Hall–Kier alpha value is -1.70. The van der Waals surface area contributed by atoms with Gasteiger partial charge in [0.2, 0.25) is 0 Å². The van der Waals surface area contributed by atoms with Gasteiger partial charge in [-0.2, -0.15) is 0 Å². The quantitative estimate of drug-likeness (QED) is 0.381. The second-order valence-electron chi connectivity index (χ2n) is 6.24. The van der Waals surface area contributed by atoms with Crippen molar-refractivity contribution >= 4 is 40.3 Å². The first-order valence-corrected chi connectivity index (χ1v) is 11.7. The van der Waals surface area contributed by atoms with Gasteiger partial charge >= 0.3 is 0 Å². The molecule has 0 unspecified atom stereocenters. The molecule has 3 rings (SSSR count). The van der Waals surface area contributed by atoms with Gasteiger partial charge in [0.25, 0.3) is 5.91 Å². The molecule has 0 atom stereocenters. The number of hydrogen-bond donors (Lipinski definition) is 1. The highest BCUT2D eigenvalue weighted by Gasteiger charge is 2.11. The van der Waals surface area contributed by atoms with E-state index in [1.54, 1.807) is 34.4 Å². The van der Waals surface area contributed by atoms with Crippen LogP contribution in [0.2, 0.25) is 0 Å². The Morgan fingerprint density at radius 1 is 1.11 bits per heavy atom. The molecule has 0 aliphatic carbocycles. The fourth-order valence-corrected chi connectivity index (χ4v) is 5.10. The number of nitrogens with one attached hydrogen (secondary N) is 1. The lowest BCUT2D eigenvalue weighted by Gasteiger charge is -2.09. The topological polar surface area (TPSA) is 54.9 Å². The molecule has 3 aromatic rings. The molecule has 27 heavy (non-hydrogen) atoms. The van der Waals surface area contributed by atoms with E-state index >= 15 is 0 Å². The minimum atomic E-state index is -0.00217. The normalized spacial score (nSPS) is 10.9. The molecule has 1 N–H and O–H groups in total. The van der Waals surface area contributed by atoms with Crippen LogP contribution in [0.15, 0.2) is 39.9 Å². The minimum Gasteiger partial charge on any atom is -0.352 e. The summed E-state index contributed by atoms with van der Waals surface area (Å²) in [4.78, 5) is 22.5. The zero-order valence-corrected chi connectivity index (χ0v) is 18.0. The third-order valence-electron chi connectivity index (χ3n) is 3.94. The van der Waals surface area contributed by atoms with E-state index in [2.05, 4.69) is 26.0 Å². The zero-order chi connectivity index (χ0) is 19.1. The Kier molecular flexibility index (Phi) is 7.43. The predicted molar refractivity (Wildman–Crippen MR) is 115 cm³/mol. The highest BCUT2D eigenvalue weighted by molar-refractivity contribution is 7.98. The highest BCUT2D eigenvalue weighted by atomic mass is 32.2. The largest absolute Gasteiger partial charge is 0.352 e. The Morgan fingerprint density at radius 2 is 1.96 bits per heavy atom. The van der Waals surface area contributed by atoms with Crippen molar-refractivity contribution in [2.45, 2.75) is 43.8 Å². The number of thiazole rings is 2. The summed E-state index contributed by atoms with van der Waals surface area (Å²) >= 11 is 5.03. The van der Waals surface area contributed by atoms with Gasteiger partial charge in [-0.05, 0) is 45.2 Å². The maximum atomic E-state index is 12.6. The van der Waals surface area contributed by atoms with Crippen LogP contribution in [-0.4, -0.2) is 22.4 Å². The Morgan fingerprint density at radius 3 is 2.70 bits per heavy atom. The van der Waals surface area contributed by atoms with Crippen LogP contribution in [0, 0.1) is 13.8 Å². The first kappa shape index (κ1) is 20.0. The average molecular weight is 418 g/mol. The molecule has 0 fully saturated rings. The molecule has 1 amide bonds. The van der Waals surface area contributed by atoms with Gasteiger partial charge in [0.15, 0.2) is 0 Å². The number of carbonyl (C=O) groups is 1. The summed E-state index contributed by atoms with van der Waals surface area (Å²) in [5, 5.41) is 9.46. The number of nitrogens with zero attached hydrogens (tertiary/aromatic N) is 2. The summed E-state index contributed by atoms with van der Waals surface area (Å²) in [5.41, 5.74) is 2.89. The lowest BCUT2D eigenvalue weighted by Crippen LogP contribution is -2.25. The number of rotatable bonds is 9. The highest BCUT2D eigenvalue weighted by Crippen LogP contribution is 2.26. The Labute approximate surface area is 172 Å². The number of aromatic nitrogens is 2. The number of hydrogen-bond acceptors (Lipinski definition) is 6. The van der Waals surface area contributed by atoms with Crippen LogP contribution < -0.4 is 5.32 Å². The van der Waals surface area contributed by atoms with Crippen molar-refractivity contribution < 1.29 is 4.79 Å². The third kappa shape index (κ3) is 6.16. The molecule has 1 aromatic carbocycles. The SMILES string of the molecule is Cc1csc(CCCCNC(=O)c2ccccc2SCc2csc(C)n2)n1. The van der Waals surface area contributed by atoms with Crippen LogP contribution in [-0.2, 0) is 12.2 Å². The molecule has 0 radical (unpaired) electrons. The maximum absolute atomic E-state index is 12.6. The number of thioether (sulfide) groups is 1. The molecule has 2 aromatic heterocycles. The van der Waals surface area contributed by atoms with Crippen molar-refractivity contribution in [1.82, 2.24) is 15.3 Å². The fraction of sp³-hybridized carbons (Fsp3) is 0.350. The van der Waals surface area contributed by atoms with Crippen LogP contribution >= 0.6 is 34.4 Å². The number of carbonyl (C=O) groups excluding carboxylic acids is 1. The molecule has 0 bridgehead atoms.